The van der Waals surface area contributed by atoms with Crippen LogP contribution in [0.3, 0.4) is 0 Å². The van der Waals surface area contributed by atoms with E-state index in [9.17, 15) is 9.18 Å². The number of para-hydroxylation sites is 2. The number of fused-ring (bicyclic) bond motifs is 1. The number of benzene rings is 2. The van der Waals surface area contributed by atoms with Crippen molar-refractivity contribution in [1.29, 1.82) is 0 Å². The summed E-state index contributed by atoms with van der Waals surface area (Å²) in [5.41, 5.74) is 0.548. The number of aromatic nitrogens is 2. The van der Waals surface area contributed by atoms with Crippen LogP contribution in [-0.4, -0.2) is 27.8 Å². The molecular formula is C18H15FN4OS. The summed E-state index contributed by atoms with van der Waals surface area (Å²) in [4.78, 5) is 21.9. The van der Waals surface area contributed by atoms with Crippen LogP contribution in [0, 0.1) is 5.82 Å². The Bertz CT molecular complexity index is 1030. The van der Waals surface area contributed by atoms with E-state index in [1.54, 1.807) is 36.4 Å². The second-order valence-corrected chi connectivity index (χ2v) is 6.50. The van der Waals surface area contributed by atoms with E-state index in [1.807, 2.05) is 6.07 Å². The standard InChI is InChI=1S/C18H15FN4OS/c19-13-6-2-4-8-15(13)23-16(11-25-18-20-9-10-21-18)22-14-7-3-1-5-12(14)17(23)24/h1-8H,9-11H2,(H,20,21). The minimum atomic E-state index is -0.454. The molecule has 0 fully saturated rings. The Morgan fingerprint density at radius 3 is 2.76 bits per heavy atom. The van der Waals surface area contributed by atoms with Gasteiger partial charge in [0.15, 0.2) is 5.17 Å². The van der Waals surface area contributed by atoms with E-state index in [-0.39, 0.29) is 11.2 Å². The van der Waals surface area contributed by atoms with Crippen LogP contribution >= 0.6 is 11.8 Å². The number of thioether (sulfide) groups is 1. The first kappa shape index (κ1) is 15.8. The van der Waals surface area contributed by atoms with E-state index in [0.29, 0.717) is 22.5 Å². The number of rotatable bonds is 3. The molecule has 4 rings (SSSR count). The largest absolute Gasteiger partial charge is 0.363 e. The molecule has 25 heavy (non-hydrogen) atoms. The van der Waals surface area contributed by atoms with Gasteiger partial charge in [0, 0.05) is 6.54 Å². The highest BCUT2D eigenvalue weighted by molar-refractivity contribution is 8.13. The number of halogens is 1. The Morgan fingerprint density at radius 2 is 1.96 bits per heavy atom. The molecule has 1 aliphatic heterocycles. The Kier molecular flexibility index (Phi) is 4.23. The van der Waals surface area contributed by atoms with Gasteiger partial charge in [-0.05, 0) is 24.3 Å². The third-order valence-corrected chi connectivity index (χ3v) is 4.87. The van der Waals surface area contributed by atoms with Crippen LogP contribution < -0.4 is 10.9 Å². The number of aliphatic imine (C=N–C) groups is 1. The van der Waals surface area contributed by atoms with Crippen molar-refractivity contribution in [2.45, 2.75) is 5.75 Å². The topological polar surface area (TPSA) is 59.3 Å². The van der Waals surface area contributed by atoms with E-state index in [1.165, 1.54) is 22.4 Å². The fraction of sp³-hybridized carbons (Fsp3) is 0.167. The first-order valence-electron chi connectivity index (χ1n) is 7.91. The van der Waals surface area contributed by atoms with E-state index in [0.717, 1.165) is 18.3 Å². The van der Waals surface area contributed by atoms with E-state index in [2.05, 4.69) is 15.3 Å². The smallest absolute Gasteiger partial charge is 0.266 e. The minimum Gasteiger partial charge on any atom is -0.363 e. The van der Waals surface area contributed by atoms with Gasteiger partial charge in [-0.15, -0.1) is 0 Å². The van der Waals surface area contributed by atoms with Crippen molar-refractivity contribution in [2.24, 2.45) is 4.99 Å². The first-order valence-corrected chi connectivity index (χ1v) is 8.89. The molecule has 7 heteroatoms. The van der Waals surface area contributed by atoms with Gasteiger partial charge in [0.2, 0.25) is 0 Å². The van der Waals surface area contributed by atoms with Crippen LogP contribution in [0.25, 0.3) is 16.6 Å². The van der Waals surface area contributed by atoms with Crippen LogP contribution in [0.15, 0.2) is 58.3 Å². The molecule has 0 saturated heterocycles. The monoisotopic (exact) mass is 354 g/mol. The number of hydrogen-bond acceptors (Lipinski definition) is 5. The number of nitrogens with one attached hydrogen (secondary N) is 1. The summed E-state index contributed by atoms with van der Waals surface area (Å²) < 4.78 is 15.7. The van der Waals surface area contributed by atoms with Crippen molar-refractivity contribution in [3.63, 3.8) is 0 Å². The van der Waals surface area contributed by atoms with Gasteiger partial charge in [-0.25, -0.2) is 9.37 Å². The van der Waals surface area contributed by atoms with Gasteiger partial charge in [-0.2, -0.15) is 0 Å². The number of nitrogens with zero attached hydrogens (tertiary/aromatic N) is 3. The molecule has 0 aliphatic carbocycles. The Morgan fingerprint density at radius 1 is 1.16 bits per heavy atom. The molecule has 2 aromatic carbocycles. The molecule has 0 spiro atoms. The molecule has 126 valence electrons. The SMILES string of the molecule is O=c1c2ccccc2nc(CSC2=NCCN2)n1-c1ccccc1F. The summed E-state index contributed by atoms with van der Waals surface area (Å²) in [7, 11) is 0. The van der Waals surface area contributed by atoms with Crippen molar-refractivity contribution >= 4 is 27.8 Å². The summed E-state index contributed by atoms with van der Waals surface area (Å²) in [5, 5.41) is 4.46. The molecular weight excluding hydrogens is 339 g/mol. The second kappa shape index (κ2) is 6.68. The predicted molar refractivity (Wildman–Crippen MR) is 98.9 cm³/mol. The predicted octanol–water partition coefficient (Wildman–Crippen LogP) is 2.72. The molecule has 1 N–H and O–H groups in total. The summed E-state index contributed by atoms with van der Waals surface area (Å²) in [6, 6.07) is 13.4. The van der Waals surface area contributed by atoms with Crippen molar-refractivity contribution in [3.05, 3.63) is 70.5 Å². The quantitative estimate of drug-likeness (QED) is 0.786. The van der Waals surface area contributed by atoms with Gasteiger partial charge in [0.05, 0.1) is 28.9 Å². The molecule has 2 heterocycles. The lowest BCUT2D eigenvalue weighted by atomic mass is 10.2. The third kappa shape index (κ3) is 3.02. The van der Waals surface area contributed by atoms with Crippen LogP contribution in [0.2, 0.25) is 0 Å². The molecule has 0 atom stereocenters. The summed E-state index contributed by atoms with van der Waals surface area (Å²) in [5.74, 6) is 0.458. The highest BCUT2D eigenvalue weighted by Crippen LogP contribution is 2.20. The molecule has 3 aromatic rings. The maximum absolute atomic E-state index is 14.3. The van der Waals surface area contributed by atoms with Gasteiger partial charge < -0.3 is 5.32 Å². The van der Waals surface area contributed by atoms with E-state index in [4.69, 9.17) is 0 Å². The second-order valence-electron chi connectivity index (χ2n) is 5.54. The molecule has 0 saturated carbocycles. The highest BCUT2D eigenvalue weighted by Gasteiger charge is 2.16. The molecule has 1 aromatic heterocycles. The number of hydrogen-bond donors (Lipinski definition) is 1. The summed E-state index contributed by atoms with van der Waals surface area (Å²) in [6.45, 7) is 1.56. The minimum absolute atomic E-state index is 0.211. The maximum atomic E-state index is 14.3. The lowest BCUT2D eigenvalue weighted by Crippen LogP contribution is -2.25. The lowest BCUT2D eigenvalue weighted by Gasteiger charge is -2.14. The molecule has 1 aliphatic rings. The van der Waals surface area contributed by atoms with Gasteiger partial charge in [0.1, 0.15) is 11.6 Å². The van der Waals surface area contributed by atoms with Crippen LogP contribution in [0.5, 0.6) is 0 Å². The zero-order valence-electron chi connectivity index (χ0n) is 13.3. The molecule has 0 radical (unpaired) electrons. The molecule has 0 bridgehead atoms. The molecule has 5 nitrogen and oxygen atoms in total. The fourth-order valence-corrected chi connectivity index (χ4v) is 3.61. The third-order valence-electron chi connectivity index (χ3n) is 3.92. The van der Waals surface area contributed by atoms with Crippen molar-refractivity contribution in [2.75, 3.05) is 13.1 Å². The van der Waals surface area contributed by atoms with E-state index >= 15 is 0 Å². The fourth-order valence-electron chi connectivity index (χ4n) is 2.76. The van der Waals surface area contributed by atoms with Crippen LogP contribution in [0.4, 0.5) is 4.39 Å². The van der Waals surface area contributed by atoms with Crippen LogP contribution in [0.1, 0.15) is 5.82 Å². The van der Waals surface area contributed by atoms with Crippen molar-refractivity contribution < 1.29 is 4.39 Å². The zero-order chi connectivity index (χ0) is 17.2. The summed E-state index contributed by atoms with van der Waals surface area (Å²) in [6.07, 6.45) is 0. The van der Waals surface area contributed by atoms with Crippen molar-refractivity contribution in [1.82, 2.24) is 14.9 Å². The van der Waals surface area contributed by atoms with Gasteiger partial charge in [-0.3, -0.25) is 14.4 Å². The highest BCUT2D eigenvalue weighted by atomic mass is 32.2. The molecule has 0 unspecified atom stereocenters. The normalized spacial score (nSPS) is 13.7. The van der Waals surface area contributed by atoms with Gasteiger partial charge in [0.25, 0.3) is 5.56 Å². The lowest BCUT2D eigenvalue weighted by molar-refractivity contribution is 0.613. The Hall–Kier alpha value is -2.67. The van der Waals surface area contributed by atoms with Crippen molar-refractivity contribution in [3.8, 4) is 5.69 Å². The van der Waals surface area contributed by atoms with Gasteiger partial charge in [-0.1, -0.05) is 36.0 Å². The Labute approximate surface area is 147 Å². The van der Waals surface area contributed by atoms with Crippen LogP contribution in [-0.2, 0) is 5.75 Å². The van der Waals surface area contributed by atoms with Gasteiger partial charge >= 0.3 is 0 Å². The Balaban J connectivity index is 1.88. The summed E-state index contributed by atoms with van der Waals surface area (Å²) >= 11 is 1.46. The van der Waals surface area contributed by atoms with E-state index < -0.39 is 5.82 Å². The first-order chi connectivity index (χ1) is 12.2. The molecule has 0 amide bonds. The average molecular weight is 354 g/mol. The average Bonchev–Trinajstić information content (AvgIpc) is 3.15. The number of amidine groups is 1. The maximum Gasteiger partial charge on any atom is 0.266 e. The zero-order valence-corrected chi connectivity index (χ0v) is 14.1.